The van der Waals surface area contributed by atoms with Crippen LogP contribution in [0.25, 0.3) is 11.0 Å². The van der Waals surface area contributed by atoms with Gasteiger partial charge in [-0.2, -0.15) is 0 Å². The quantitative estimate of drug-likeness (QED) is 0.795. The Labute approximate surface area is 148 Å². The average molecular weight is 335 g/mol. The number of likely N-dealkylation sites (tertiary alicyclic amines) is 1. The third kappa shape index (κ3) is 3.24. The topological polar surface area (TPSA) is 48.1 Å². The fourth-order valence-electron chi connectivity index (χ4n) is 3.90. The highest BCUT2D eigenvalue weighted by atomic mass is 15.3. The number of anilines is 1. The molecular formula is C20H25N5. The Hall–Kier alpha value is -2.40. The Morgan fingerprint density at radius 3 is 2.88 bits per heavy atom. The zero-order valence-corrected chi connectivity index (χ0v) is 14.9. The molecular weight excluding hydrogens is 310 g/mol. The average Bonchev–Trinajstić information content (AvgIpc) is 3.12. The largest absolute Gasteiger partial charge is 0.354 e. The molecule has 0 aliphatic carbocycles. The first kappa shape index (κ1) is 16.1. The second-order valence-corrected chi connectivity index (χ2v) is 7.10. The first-order valence-corrected chi connectivity index (χ1v) is 8.99. The number of aromatic amines is 1. The molecule has 2 atom stereocenters. The van der Waals surface area contributed by atoms with E-state index in [4.69, 9.17) is 0 Å². The number of hydrogen-bond donors (Lipinski definition) is 1. The predicted octanol–water partition coefficient (Wildman–Crippen LogP) is 3.30. The summed E-state index contributed by atoms with van der Waals surface area (Å²) in [4.78, 5) is 17.0. The first-order valence-electron chi connectivity index (χ1n) is 8.99. The number of hydrogen-bond acceptors (Lipinski definition) is 4. The summed E-state index contributed by atoms with van der Waals surface area (Å²) in [5.74, 6) is 1.66. The van der Waals surface area contributed by atoms with Crippen LogP contribution in [-0.2, 0) is 6.54 Å². The Morgan fingerprint density at radius 2 is 2.04 bits per heavy atom. The van der Waals surface area contributed by atoms with E-state index in [9.17, 15) is 0 Å². The maximum atomic E-state index is 4.57. The predicted molar refractivity (Wildman–Crippen MR) is 102 cm³/mol. The summed E-state index contributed by atoms with van der Waals surface area (Å²) in [6.07, 6.45) is 4.80. The monoisotopic (exact) mass is 335 g/mol. The van der Waals surface area contributed by atoms with Crippen molar-refractivity contribution in [2.45, 2.75) is 25.9 Å². The molecule has 1 aliphatic heterocycles. The van der Waals surface area contributed by atoms with Crippen LogP contribution in [0.4, 0.5) is 5.82 Å². The van der Waals surface area contributed by atoms with E-state index >= 15 is 0 Å². The van der Waals surface area contributed by atoms with Crippen molar-refractivity contribution in [2.24, 2.45) is 5.92 Å². The minimum absolute atomic E-state index is 0.450. The molecule has 4 rings (SSSR count). The minimum Gasteiger partial charge on any atom is -0.354 e. The lowest BCUT2D eigenvalue weighted by atomic mass is 9.92. The van der Waals surface area contributed by atoms with Crippen molar-refractivity contribution in [3.63, 3.8) is 0 Å². The van der Waals surface area contributed by atoms with Crippen molar-refractivity contribution in [3.8, 4) is 0 Å². The lowest BCUT2D eigenvalue weighted by Gasteiger charge is -2.42. The second-order valence-electron chi connectivity index (χ2n) is 7.10. The summed E-state index contributed by atoms with van der Waals surface area (Å²) in [7, 11) is 2.17. The van der Waals surface area contributed by atoms with Crippen LogP contribution in [0.15, 0.2) is 48.9 Å². The zero-order valence-electron chi connectivity index (χ0n) is 14.9. The summed E-state index contributed by atoms with van der Waals surface area (Å²) in [6, 6.07) is 13.3. The Morgan fingerprint density at radius 1 is 1.20 bits per heavy atom. The lowest BCUT2D eigenvalue weighted by molar-refractivity contribution is 0.159. The van der Waals surface area contributed by atoms with Crippen LogP contribution < -0.4 is 4.90 Å². The second kappa shape index (κ2) is 6.84. The summed E-state index contributed by atoms with van der Waals surface area (Å²) in [6.45, 7) is 5.59. The van der Waals surface area contributed by atoms with Gasteiger partial charge < -0.3 is 9.88 Å². The molecule has 0 saturated carbocycles. The van der Waals surface area contributed by atoms with Gasteiger partial charge in [0.05, 0.1) is 5.39 Å². The molecule has 3 aromatic rings. The summed E-state index contributed by atoms with van der Waals surface area (Å²) in [5.41, 5.74) is 2.29. The van der Waals surface area contributed by atoms with E-state index in [0.29, 0.717) is 12.0 Å². The summed E-state index contributed by atoms with van der Waals surface area (Å²) in [5, 5.41) is 1.09. The third-order valence-corrected chi connectivity index (χ3v) is 5.42. The number of fused-ring (bicyclic) bond motifs is 1. The number of nitrogens with one attached hydrogen (secondary N) is 1. The molecule has 5 nitrogen and oxygen atoms in total. The molecule has 5 heteroatoms. The van der Waals surface area contributed by atoms with Crippen molar-refractivity contribution in [2.75, 3.05) is 25.0 Å². The van der Waals surface area contributed by atoms with E-state index in [1.807, 2.05) is 6.20 Å². The number of H-pyrrole nitrogens is 1. The lowest BCUT2D eigenvalue weighted by Crippen LogP contribution is -2.50. The van der Waals surface area contributed by atoms with Crippen molar-refractivity contribution >= 4 is 16.9 Å². The Kier molecular flexibility index (Phi) is 4.40. The van der Waals surface area contributed by atoms with Crippen LogP contribution in [0, 0.1) is 5.92 Å². The number of benzene rings is 1. The van der Waals surface area contributed by atoms with E-state index < -0.39 is 0 Å². The standard InChI is InChI=1S/C20H25N5/c1-15-9-11-25(12-16-6-4-3-5-7-16)13-18(15)24(2)20-17-8-10-21-19(17)22-14-23-20/h3-8,10,14-15,18H,9,11-13H2,1-2H3,(H,21,22,23)/t15-,18+/m0/s1. The number of nitrogens with zero attached hydrogens (tertiary/aromatic N) is 4. The number of likely N-dealkylation sites (N-methyl/N-ethyl adjacent to an activating group) is 1. The van der Waals surface area contributed by atoms with Crippen molar-refractivity contribution in [1.29, 1.82) is 0 Å². The fourth-order valence-corrected chi connectivity index (χ4v) is 3.90. The molecule has 0 unspecified atom stereocenters. The molecule has 0 spiro atoms. The van der Waals surface area contributed by atoms with Gasteiger partial charge >= 0.3 is 0 Å². The van der Waals surface area contributed by atoms with Gasteiger partial charge in [0.1, 0.15) is 17.8 Å². The molecule has 0 radical (unpaired) electrons. The molecule has 1 N–H and O–H groups in total. The van der Waals surface area contributed by atoms with Crippen LogP contribution in [0.1, 0.15) is 18.9 Å². The van der Waals surface area contributed by atoms with Gasteiger partial charge in [-0.05, 0) is 30.5 Å². The molecule has 130 valence electrons. The van der Waals surface area contributed by atoms with Gasteiger partial charge in [0.25, 0.3) is 0 Å². The van der Waals surface area contributed by atoms with E-state index in [-0.39, 0.29) is 0 Å². The van der Waals surface area contributed by atoms with Crippen molar-refractivity contribution in [1.82, 2.24) is 19.9 Å². The van der Waals surface area contributed by atoms with E-state index in [2.05, 4.69) is 75.1 Å². The highest BCUT2D eigenvalue weighted by Gasteiger charge is 2.30. The smallest absolute Gasteiger partial charge is 0.142 e. The Bertz CT molecular complexity index is 828. The van der Waals surface area contributed by atoms with Crippen LogP contribution in [0.3, 0.4) is 0 Å². The van der Waals surface area contributed by atoms with Crippen LogP contribution in [-0.4, -0.2) is 46.0 Å². The molecule has 3 heterocycles. The third-order valence-electron chi connectivity index (χ3n) is 5.42. The normalized spacial score (nSPS) is 21.5. The SMILES string of the molecule is C[C@H]1CCN(Cc2ccccc2)C[C@H]1N(C)c1ncnc2[nH]ccc12. The highest BCUT2D eigenvalue weighted by Crippen LogP contribution is 2.29. The Balaban J connectivity index is 1.54. The highest BCUT2D eigenvalue weighted by molar-refractivity contribution is 5.87. The molecule has 1 fully saturated rings. The van der Waals surface area contributed by atoms with Crippen molar-refractivity contribution in [3.05, 3.63) is 54.5 Å². The van der Waals surface area contributed by atoms with E-state index in [1.165, 1.54) is 12.0 Å². The van der Waals surface area contributed by atoms with Gasteiger partial charge in [-0.1, -0.05) is 37.3 Å². The number of piperidine rings is 1. The van der Waals surface area contributed by atoms with Gasteiger partial charge in [-0.15, -0.1) is 0 Å². The van der Waals surface area contributed by atoms with Gasteiger partial charge in [-0.3, -0.25) is 4.90 Å². The van der Waals surface area contributed by atoms with E-state index in [0.717, 1.165) is 36.5 Å². The minimum atomic E-state index is 0.450. The molecule has 1 aliphatic rings. The summed E-state index contributed by atoms with van der Waals surface area (Å²) < 4.78 is 0. The zero-order chi connectivity index (χ0) is 17.2. The van der Waals surface area contributed by atoms with E-state index in [1.54, 1.807) is 6.33 Å². The van der Waals surface area contributed by atoms with Crippen LogP contribution in [0.2, 0.25) is 0 Å². The van der Waals surface area contributed by atoms with Gasteiger partial charge in [-0.25, -0.2) is 9.97 Å². The molecule has 0 amide bonds. The number of aromatic nitrogens is 3. The van der Waals surface area contributed by atoms with Gasteiger partial charge in [0.2, 0.25) is 0 Å². The summed E-state index contributed by atoms with van der Waals surface area (Å²) >= 11 is 0. The number of rotatable bonds is 4. The fraction of sp³-hybridized carbons (Fsp3) is 0.400. The molecule has 1 aromatic carbocycles. The van der Waals surface area contributed by atoms with Gasteiger partial charge in [0.15, 0.2) is 0 Å². The van der Waals surface area contributed by atoms with Crippen LogP contribution in [0.5, 0.6) is 0 Å². The van der Waals surface area contributed by atoms with Crippen molar-refractivity contribution < 1.29 is 0 Å². The molecule has 25 heavy (non-hydrogen) atoms. The maximum absolute atomic E-state index is 4.57. The molecule has 0 bridgehead atoms. The first-order chi connectivity index (χ1) is 12.2. The van der Waals surface area contributed by atoms with Gasteiger partial charge in [0, 0.05) is 32.4 Å². The molecule has 2 aromatic heterocycles. The van der Waals surface area contributed by atoms with Crippen LogP contribution >= 0.6 is 0 Å². The maximum Gasteiger partial charge on any atom is 0.142 e. The molecule has 1 saturated heterocycles.